The predicted octanol–water partition coefficient (Wildman–Crippen LogP) is -0.320. The van der Waals surface area contributed by atoms with Gasteiger partial charge in [0.2, 0.25) is 0 Å². The second kappa shape index (κ2) is 13.4. The van der Waals surface area contributed by atoms with E-state index in [1.165, 1.54) is 6.07 Å². The van der Waals surface area contributed by atoms with E-state index in [1.54, 1.807) is 18.2 Å². The molecule has 0 aromatic heterocycles. The number of aliphatic hydroxyl groups excluding tert-OH is 1. The van der Waals surface area contributed by atoms with Crippen molar-refractivity contribution in [1.82, 2.24) is 5.48 Å². The van der Waals surface area contributed by atoms with Crippen molar-refractivity contribution in [3.8, 4) is 5.75 Å². The topological polar surface area (TPSA) is 84.9 Å². The van der Waals surface area contributed by atoms with E-state index in [9.17, 15) is 9.59 Å². The SMILES string of the molecule is CCCCCCCC(=O)ONC(=O)c1ccccc1OCO.[H-].[Na+]. The summed E-state index contributed by atoms with van der Waals surface area (Å²) in [4.78, 5) is 28.2. The first-order valence-corrected chi connectivity index (χ1v) is 7.51. The zero-order chi connectivity index (χ0) is 16.2. The molecule has 0 heterocycles. The number of rotatable bonds is 9. The number of hydroxylamine groups is 1. The fourth-order valence-corrected chi connectivity index (χ4v) is 1.93. The molecule has 0 aliphatic heterocycles. The van der Waals surface area contributed by atoms with Crippen LogP contribution in [0, 0.1) is 0 Å². The molecule has 1 aromatic carbocycles. The van der Waals surface area contributed by atoms with Gasteiger partial charge in [-0.05, 0) is 18.6 Å². The fraction of sp³-hybridized carbons (Fsp3) is 0.500. The fourth-order valence-electron chi connectivity index (χ4n) is 1.93. The van der Waals surface area contributed by atoms with Gasteiger partial charge in [-0.2, -0.15) is 5.48 Å². The molecule has 0 aliphatic carbocycles. The van der Waals surface area contributed by atoms with E-state index in [-0.39, 0.29) is 48.7 Å². The van der Waals surface area contributed by atoms with E-state index in [4.69, 9.17) is 14.7 Å². The van der Waals surface area contributed by atoms with Crippen LogP contribution in [0.2, 0.25) is 0 Å². The number of carbonyl (C=O) groups excluding carboxylic acids is 2. The van der Waals surface area contributed by atoms with Gasteiger partial charge in [-0.15, -0.1) is 0 Å². The molecule has 23 heavy (non-hydrogen) atoms. The monoisotopic (exact) mass is 333 g/mol. The Balaban J connectivity index is 0. The summed E-state index contributed by atoms with van der Waals surface area (Å²) in [5.41, 5.74) is 2.29. The van der Waals surface area contributed by atoms with Crippen LogP contribution in [0.5, 0.6) is 5.75 Å². The van der Waals surface area contributed by atoms with Crippen LogP contribution in [0.25, 0.3) is 0 Å². The van der Waals surface area contributed by atoms with Gasteiger partial charge in [0.25, 0.3) is 5.91 Å². The van der Waals surface area contributed by atoms with Crippen LogP contribution in [0.4, 0.5) is 0 Å². The molecular weight excluding hydrogens is 309 g/mol. The summed E-state index contributed by atoms with van der Waals surface area (Å²) >= 11 is 0. The van der Waals surface area contributed by atoms with Crippen molar-refractivity contribution in [2.75, 3.05) is 6.79 Å². The normalized spacial score (nSPS) is 9.65. The molecule has 0 atom stereocenters. The standard InChI is InChI=1S/C16H23NO5.Na.H/c1-2-3-4-5-6-11-15(19)22-17-16(20)13-9-7-8-10-14(13)21-12-18;;/h7-10,18H,2-6,11-12H2,1H3,(H,17,20);;/q;+1;-1. The van der Waals surface area contributed by atoms with Crippen molar-refractivity contribution in [2.24, 2.45) is 0 Å². The summed E-state index contributed by atoms with van der Waals surface area (Å²) in [5, 5.41) is 8.76. The van der Waals surface area contributed by atoms with E-state index >= 15 is 0 Å². The van der Waals surface area contributed by atoms with Crippen molar-refractivity contribution < 1.29 is 55.3 Å². The summed E-state index contributed by atoms with van der Waals surface area (Å²) in [6.45, 7) is 1.59. The molecule has 0 aliphatic rings. The largest absolute Gasteiger partial charge is 1.00 e. The number of ether oxygens (including phenoxy) is 1. The second-order valence-electron chi connectivity index (χ2n) is 4.84. The van der Waals surface area contributed by atoms with Crippen LogP contribution < -0.4 is 39.8 Å². The van der Waals surface area contributed by atoms with Crippen LogP contribution in [-0.2, 0) is 9.63 Å². The van der Waals surface area contributed by atoms with Crippen molar-refractivity contribution in [3.63, 3.8) is 0 Å². The second-order valence-corrected chi connectivity index (χ2v) is 4.84. The quantitative estimate of drug-likeness (QED) is 0.280. The Morgan fingerprint density at radius 1 is 1.17 bits per heavy atom. The third-order valence-electron chi connectivity index (χ3n) is 3.09. The molecule has 0 bridgehead atoms. The van der Waals surface area contributed by atoms with Gasteiger partial charge in [0, 0.05) is 6.42 Å². The summed E-state index contributed by atoms with van der Waals surface area (Å²) in [7, 11) is 0. The Labute approximate surface area is 160 Å². The number of aliphatic hydroxyl groups is 1. The zero-order valence-corrected chi connectivity index (χ0v) is 15.8. The maximum absolute atomic E-state index is 11.9. The molecule has 0 fully saturated rings. The molecule has 7 heteroatoms. The number of hydrogen-bond donors (Lipinski definition) is 2. The number of hydrogen-bond acceptors (Lipinski definition) is 5. The number of carbonyl (C=O) groups is 2. The van der Waals surface area contributed by atoms with Crippen LogP contribution >= 0.6 is 0 Å². The van der Waals surface area contributed by atoms with E-state index < -0.39 is 18.7 Å². The molecule has 0 unspecified atom stereocenters. The number of benzene rings is 1. The molecule has 0 saturated carbocycles. The molecule has 1 amide bonds. The first kappa shape index (κ1) is 21.9. The average molecular weight is 333 g/mol. The van der Waals surface area contributed by atoms with Crippen LogP contribution in [0.15, 0.2) is 24.3 Å². The molecule has 6 nitrogen and oxygen atoms in total. The van der Waals surface area contributed by atoms with Crippen molar-refractivity contribution >= 4 is 11.9 Å². The Morgan fingerprint density at radius 3 is 2.57 bits per heavy atom. The molecule has 0 radical (unpaired) electrons. The molecular formula is C16H24NNaO5. The van der Waals surface area contributed by atoms with Gasteiger partial charge in [-0.3, -0.25) is 4.79 Å². The Hall–Kier alpha value is -1.08. The molecule has 124 valence electrons. The Kier molecular flexibility index (Phi) is 12.7. The van der Waals surface area contributed by atoms with E-state index in [2.05, 4.69) is 12.4 Å². The van der Waals surface area contributed by atoms with E-state index in [0.29, 0.717) is 0 Å². The van der Waals surface area contributed by atoms with Crippen LogP contribution in [0.3, 0.4) is 0 Å². The maximum atomic E-state index is 11.9. The summed E-state index contributed by atoms with van der Waals surface area (Å²) < 4.78 is 4.92. The van der Waals surface area contributed by atoms with E-state index in [0.717, 1.165) is 32.1 Å². The molecule has 1 aromatic rings. The van der Waals surface area contributed by atoms with Gasteiger partial charge < -0.3 is 16.1 Å². The number of nitrogens with one attached hydrogen (secondary N) is 1. The summed E-state index contributed by atoms with van der Waals surface area (Å²) in [6, 6.07) is 6.37. The number of para-hydroxylation sites is 1. The van der Waals surface area contributed by atoms with Gasteiger partial charge in [-0.25, -0.2) is 4.79 Å². The summed E-state index contributed by atoms with van der Waals surface area (Å²) in [6.07, 6.45) is 5.41. The van der Waals surface area contributed by atoms with Crippen molar-refractivity contribution in [2.45, 2.75) is 45.4 Å². The van der Waals surface area contributed by atoms with Gasteiger partial charge >= 0.3 is 35.5 Å². The molecule has 2 N–H and O–H groups in total. The van der Waals surface area contributed by atoms with Gasteiger partial charge in [0.15, 0.2) is 6.79 Å². The van der Waals surface area contributed by atoms with Gasteiger partial charge in [0.05, 0.1) is 5.56 Å². The Morgan fingerprint density at radius 2 is 1.87 bits per heavy atom. The zero-order valence-electron chi connectivity index (χ0n) is 14.8. The van der Waals surface area contributed by atoms with Gasteiger partial charge in [0.1, 0.15) is 5.75 Å². The minimum Gasteiger partial charge on any atom is -1.00 e. The minimum atomic E-state index is -0.594. The third kappa shape index (κ3) is 8.95. The maximum Gasteiger partial charge on any atom is 1.00 e. The first-order chi connectivity index (χ1) is 10.7. The predicted molar refractivity (Wildman–Crippen MR) is 82.2 cm³/mol. The average Bonchev–Trinajstić information content (AvgIpc) is 2.53. The summed E-state index contributed by atoms with van der Waals surface area (Å²) in [5.74, 6) is -0.841. The molecule has 0 saturated heterocycles. The third-order valence-corrected chi connectivity index (χ3v) is 3.09. The Bertz CT molecular complexity index is 487. The van der Waals surface area contributed by atoms with Crippen LogP contribution in [-0.4, -0.2) is 23.8 Å². The number of unbranched alkanes of at least 4 members (excludes halogenated alkanes) is 4. The van der Waals surface area contributed by atoms with Gasteiger partial charge in [-0.1, -0.05) is 44.7 Å². The van der Waals surface area contributed by atoms with E-state index in [1.807, 2.05) is 0 Å². The first-order valence-electron chi connectivity index (χ1n) is 7.51. The molecule has 1 rings (SSSR count). The van der Waals surface area contributed by atoms with Crippen molar-refractivity contribution in [1.29, 1.82) is 0 Å². The number of amides is 1. The van der Waals surface area contributed by atoms with Crippen molar-refractivity contribution in [3.05, 3.63) is 29.8 Å². The van der Waals surface area contributed by atoms with Crippen LogP contribution in [0.1, 0.15) is 57.2 Å². The minimum absolute atomic E-state index is 0. The smallest absolute Gasteiger partial charge is 1.00 e. The molecule has 0 spiro atoms.